The molecule has 17 atom stereocenters. The van der Waals surface area contributed by atoms with Crippen LogP contribution in [0, 0.1) is 0 Å². The van der Waals surface area contributed by atoms with Crippen LogP contribution in [0.1, 0.15) is 155 Å². The molecule has 19 heteroatoms. The van der Waals surface area contributed by atoms with Crippen LogP contribution in [0.5, 0.6) is 0 Å². The van der Waals surface area contributed by atoms with Gasteiger partial charge in [0.05, 0.1) is 38.6 Å². The zero-order chi connectivity index (χ0) is 49.1. The van der Waals surface area contributed by atoms with Crippen LogP contribution < -0.4 is 5.32 Å². The summed E-state index contributed by atoms with van der Waals surface area (Å²) >= 11 is 0. The molecule has 12 N–H and O–H groups in total. The predicted octanol–water partition coefficient (Wildman–Crippen LogP) is 1.48. The third-order valence-corrected chi connectivity index (χ3v) is 13.1. The van der Waals surface area contributed by atoms with Gasteiger partial charge in [0.1, 0.15) is 73.2 Å². The summed E-state index contributed by atoms with van der Waals surface area (Å²) in [7, 11) is 0. The minimum atomic E-state index is -1.97. The first-order valence-corrected chi connectivity index (χ1v) is 25.4. The fourth-order valence-electron chi connectivity index (χ4n) is 8.76. The van der Waals surface area contributed by atoms with E-state index in [0.717, 1.165) is 32.1 Å². The number of carbonyl (C=O) groups is 1. The summed E-state index contributed by atoms with van der Waals surface area (Å²) in [6, 6.07) is -0.962. The summed E-state index contributed by atoms with van der Waals surface area (Å²) in [4.78, 5) is 12.8. The Labute approximate surface area is 397 Å². The number of ether oxygens (including phenoxy) is 6. The first-order valence-electron chi connectivity index (χ1n) is 25.4. The van der Waals surface area contributed by atoms with Crippen LogP contribution in [0.4, 0.5) is 0 Å². The van der Waals surface area contributed by atoms with Crippen molar-refractivity contribution in [2.24, 2.45) is 0 Å². The first-order chi connectivity index (χ1) is 32.3. The molecule has 0 aromatic rings. The van der Waals surface area contributed by atoms with Crippen molar-refractivity contribution in [1.29, 1.82) is 0 Å². The monoisotopic (exact) mass is 968 g/mol. The van der Waals surface area contributed by atoms with Gasteiger partial charge in [0.25, 0.3) is 0 Å². The van der Waals surface area contributed by atoms with Gasteiger partial charge in [0, 0.05) is 6.42 Å². The molecule has 67 heavy (non-hydrogen) atoms. The Bertz CT molecular complexity index is 1300. The molecule has 0 saturated carbocycles. The minimum Gasteiger partial charge on any atom is -0.394 e. The molecule has 3 heterocycles. The zero-order valence-corrected chi connectivity index (χ0v) is 40.1. The van der Waals surface area contributed by atoms with Crippen molar-refractivity contribution in [2.45, 2.75) is 259 Å². The number of aliphatic hydroxyl groups is 11. The summed E-state index contributed by atoms with van der Waals surface area (Å²) in [6.45, 7) is 1.43. The summed E-state index contributed by atoms with van der Waals surface area (Å²) in [5.41, 5.74) is 0. The first kappa shape index (κ1) is 59.8. The second-order valence-corrected chi connectivity index (χ2v) is 18.6. The quantitative estimate of drug-likeness (QED) is 0.0316. The molecule has 0 radical (unpaired) electrons. The van der Waals surface area contributed by atoms with Gasteiger partial charge in [-0.1, -0.05) is 142 Å². The highest BCUT2D eigenvalue weighted by molar-refractivity contribution is 5.76. The number of aliphatic hydroxyl groups excluding tert-OH is 11. The van der Waals surface area contributed by atoms with Crippen molar-refractivity contribution < 1.29 is 89.4 Å². The SMILES string of the molecule is CCCCCCCCCCCCCCCCCCCC/C=C/C(O)C(COC1OC(CO)C(OC2OC(CO)C(OC3OC(CO)C(O)C(O)C3O)C(O)C2O)C(O)C1O)NC(=O)CCCC. The Hall–Kier alpha value is -1.47. The van der Waals surface area contributed by atoms with Crippen LogP contribution in [0.3, 0.4) is 0 Å². The Kier molecular flexibility index (Phi) is 30.4. The molecule has 3 saturated heterocycles. The largest absolute Gasteiger partial charge is 0.394 e. The van der Waals surface area contributed by atoms with Crippen LogP contribution >= 0.6 is 0 Å². The number of hydrogen-bond acceptors (Lipinski definition) is 18. The van der Waals surface area contributed by atoms with Crippen molar-refractivity contribution in [2.75, 3.05) is 26.4 Å². The second-order valence-electron chi connectivity index (χ2n) is 18.6. The maximum atomic E-state index is 12.8. The van der Waals surface area contributed by atoms with Gasteiger partial charge in [0.15, 0.2) is 18.9 Å². The molecular weight excluding hydrogens is 879 g/mol. The Morgan fingerprint density at radius 2 is 0.925 bits per heavy atom. The number of nitrogens with one attached hydrogen (secondary N) is 1. The lowest BCUT2D eigenvalue weighted by Crippen LogP contribution is -2.66. The maximum absolute atomic E-state index is 12.8. The van der Waals surface area contributed by atoms with E-state index >= 15 is 0 Å². The topological polar surface area (TPSA) is 307 Å². The van der Waals surface area contributed by atoms with E-state index in [0.29, 0.717) is 6.42 Å². The Morgan fingerprint density at radius 1 is 0.522 bits per heavy atom. The lowest BCUT2D eigenvalue weighted by molar-refractivity contribution is -0.379. The molecular formula is C48H89NO18. The highest BCUT2D eigenvalue weighted by Crippen LogP contribution is 2.33. The summed E-state index contributed by atoms with van der Waals surface area (Å²) in [5, 5.41) is 119. The van der Waals surface area contributed by atoms with E-state index in [1.165, 1.54) is 96.3 Å². The number of carbonyl (C=O) groups excluding carboxylic acids is 1. The number of rotatable bonds is 35. The van der Waals surface area contributed by atoms with Crippen LogP contribution in [0.15, 0.2) is 12.2 Å². The molecule has 0 aliphatic carbocycles. The normalized spacial score (nSPS) is 33.5. The van der Waals surface area contributed by atoms with Gasteiger partial charge in [-0.3, -0.25) is 4.79 Å². The van der Waals surface area contributed by atoms with Crippen molar-refractivity contribution in [1.82, 2.24) is 5.32 Å². The van der Waals surface area contributed by atoms with Gasteiger partial charge < -0.3 is 89.9 Å². The molecule has 3 aliphatic heterocycles. The number of allylic oxidation sites excluding steroid dienone is 1. The van der Waals surface area contributed by atoms with Crippen molar-refractivity contribution in [3.05, 3.63) is 12.2 Å². The average Bonchev–Trinajstić information content (AvgIpc) is 3.32. The van der Waals surface area contributed by atoms with Crippen LogP contribution in [0.25, 0.3) is 0 Å². The average molecular weight is 968 g/mol. The molecule has 1 amide bonds. The smallest absolute Gasteiger partial charge is 0.220 e. The standard InChI is InChI=1S/C48H89NO18/c1-3-5-7-8-9-10-11-12-13-14-15-16-17-18-19-20-21-22-23-24-25-32(53)31(49-36(54)26-6-4-2)30-62-46-42(60)39(57)44(34(28-51)64-46)67-48-43(61)40(58)45(35(29-52)65-48)66-47-41(59)38(56)37(55)33(27-50)63-47/h24-25,31-35,37-48,50-53,55-61H,3-23,26-30H2,1-2H3,(H,49,54)/b25-24+. The molecule has 0 bridgehead atoms. The third kappa shape index (κ3) is 20.3. The van der Waals surface area contributed by atoms with Gasteiger partial charge in [-0.05, 0) is 19.3 Å². The van der Waals surface area contributed by atoms with Crippen LogP contribution in [-0.2, 0) is 33.2 Å². The molecule has 3 rings (SSSR count). The predicted molar refractivity (Wildman–Crippen MR) is 245 cm³/mol. The van der Waals surface area contributed by atoms with E-state index in [1.807, 2.05) is 13.0 Å². The molecule has 19 nitrogen and oxygen atoms in total. The van der Waals surface area contributed by atoms with Gasteiger partial charge in [0.2, 0.25) is 5.91 Å². The molecule has 0 aromatic carbocycles. The Balaban J connectivity index is 1.44. The van der Waals surface area contributed by atoms with Gasteiger partial charge in [-0.25, -0.2) is 0 Å². The van der Waals surface area contributed by atoms with E-state index in [1.54, 1.807) is 6.08 Å². The van der Waals surface area contributed by atoms with Gasteiger partial charge in [-0.2, -0.15) is 0 Å². The lowest BCUT2D eigenvalue weighted by Gasteiger charge is -2.48. The maximum Gasteiger partial charge on any atom is 0.220 e. The molecule has 0 spiro atoms. The highest BCUT2D eigenvalue weighted by Gasteiger charge is 2.53. The van der Waals surface area contributed by atoms with E-state index < -0.39 is 124 Å². The number of unbranched alkanes of at least 4 members (excludes halogenated alkanes) is 19. The summed E-state index contributed by atoms with van der Waals surface area (Å²) in [6.07, 6.45) is 2.30. The fourth-order valence-corrected chi connectivity index (χ4v) is 8.76. The Morgan fingerprint density at radius 3 is 1.39 bits per heavy atom. The van der Waals surface area contributed by atoms with E-state index in [9.17, 15) is 61.0 Å². The fraction of sp³-hybridized carbons (Fsp3) is 0.938. The number of amides is 1. The molecule has 394 valence electrons. The zero-order valence-electron chi connectivity index (χ0n) is 40.1. The van der Waals surface area contributed by atoms with Gasteiger partial charge in [-0.15, -0.1) is 0 Å². The van der Waals surface area contributed by atoms with Gasteiger partial charge >= 0.3 is 0 Å². The molecule has 3 aliphatic rings. The number of hydrogen-bond donors (Lipinski definition) is 12. The van der Waals surface area contributed by atoms with E-state index in [2.05, 4.69) is 12.2 Å². The molecule has 17 unspecified atom stereocenters. The second kappa shape index (κ2) is 34.0. The van der Waals surface area contributed by atoms with Crippen LogP contribution in [-0.4, -0.2) is 193 Å². The van der Waals surface area contributed by atoms with Crippen molar-refractivity contribution in [3.8, 4) is 0 Å². The molecule has 3 fully saturated rings. The third-order valence-electron chi connectivity index (χ3n) is 13.1. The lowest BCUT2D eigenvalue weighted by atomic mass is 9.96. The van der Waals surface area contributed by atoms with Crippen LogP contribution in [0.2, 0.25) is 0 Å². The highest BCUT2D eigenvalue weighted by atomic mass is 16.8. The minimum absolute atomic E-state index is 0.219. The summed E-state index contributed by atoms with van der Waals surface area (Å²) < 4.78 is 33.9. The molecule has 0 aromatic heterocycles. The van der Waals surface area contributed by atoms with Crippen molar-refractivity contribution >= 4 is 5.91 Å². The summed E-state index contributed by atoms with van der Waals surface area (Å²) in [5.74, 6) is -0.312. The van der Waals surface area contributed by atoms with E-state index in [4.69, 9.17) is 28.4 Å². The van der Waals surface area contributed by atoms with Crippen molar-refractivity contribution in [3.63, 3.8) is 0 Å². The van der Waals surface area contributed by atoms with E-state index in [-0.39, 0.29) is 18.9 Å².